The van der Waals surface area contributed by atoms with Gasteiger partial charge in [-0.25, -0.2) is 0 Å². The molecule has 1 amide bonds. The van der Waals surface area contributed by atoms with Gasteiger partial charge in [0.15, 0.2) is 0 Å². The molecule has 3 aromatic rings. The molecular formula is C31H37N2O2+. The van der Waals surface area contributed by atoms with E-state index in [1.165, 1.54) is 42.5 Å². The molecule has 2 saturated carbocycles. The van der Waals surface area contributed by atoms with E-state index in [9.17, 15) is 9.90 Å². The van der Waals surface area contributed by atoms with Gasteiger partial charge in [0.2, 0.25) is 0 Å². The standard InChI is InChI=1S/C31H36N2O2/c1-33(20-22-9-10-22)16-15-31(26-7-4-8-29(34)18-26)19-28(14-13-27(31)21-33)32-30(35)25-12-11-23-5-2-3-6-24(23)17-25/h2-8,11-12,17-18,22,27-28H,9-10,13-16,19-21H2,1H3,(H-,32,34,35)/p+1/t27?,28-,31+,33-/m1/s1. The lowest BCUT2D eigenvalue weighted by atomic mass is 9.57. The molecule has 1 heterocycles. The highest BCUT2D eigenvalue weighted by atomic mass is 16.3. The van der Waals surface area contributed by atoms with Crippen LogP contribution in [0.25, 0.3) is 10.8 Å². The van der Waals surface area contributed by atoms with Crippen molar-refractivity contribution in [2.45, 2.75) is 50.0 Å². The molecule has 3 aromatic carbocycles. The number of amides is 1. The molecule has 0 aromatic heterocycles. The van der Waals surface area contributed by atoms with E-state index in [4.69, 9.17) is 0 Å². The van der Waals surface area contributed by atoms with Gasteiger partial charge in [-0.2, -0.15) is 0 Å². The van der Waals surface area contributed by atoms with Crippen molar-refractivity contribution in [2.24, 2.45) is 11.8 Å². The molecule has 0 spiro atoms. The molecular weight excluding hydrogens is 432 g/mol. The molecule has 1 aliphatic heterocycles. The maximum Gasteiger partial charge on any atom is 0.251 e. The quantitative estimate of drug-likeness (QED) is 0.475. The van der Waals surface area contributed by atoms with E-state index < -0.39 is 0 Å². The fourth-order valence-electron chi connectivity index (χ4n) is 7.18. The highest BCUT2D eigenvalue weighted by molar-refractivity contribution is 5.98. The maximum absolute atomic E-state index is 13.3. The SMILES string of the molecule is C[N@+]1(CC2CC2)CC[C@@]2(c3cccc(O)c3)C[C@H](NC(=O)c3ccc4ccccc4c3)CCC2C1. The first-order valence-electron chi connectivity index (χ1n) is 13.4. The fraction of sp³-hybridized carbons (Fsp3) is 0.452. The number of likely N-dealkylation sites (tertiary alicyclic amines) is 1. The van der Waals surface area contributed by atoms with Crippen LogP contribution in [0.15, 0.2) is 66.7 Å². The number of hydrogen-bond donors (Lipinski definition) is 2. The van der Waals surface area contributed by atoms with Crippen molar-refractivity contribution in [3.05, 3.63) is 77.9 Å². The van der Waals surface area contributed by atoms with Gasteiger partial charge in [0, 0.05) is 35.3 Å². The summed E-state index contributed by atoms with van der Waals surface area (Å²) in [5.74, 6) is 1.87. The third kappa shape index (κ3) is 4.45. The Labute approximate surface area is 208 Å². The van der Waals surface area contributed by atoms with Crippen LogP contribution in [0.3, 0.4) is 0 Å². The predicted molar refractivity (Wildman–Crippen MR) is 140 cm³/mol. The van der Waals surface area contributed by atoms with Gasteiger partial charge in [0.1, 0.15) is 5.75 Å². The normalized spacial score (nSPS) is 30.5. The van der Waals surface area contributed by atoms with Crippen LogP contribution in [-0.4, -0.2) is 48.2 Å². The number of piperidine rings is 1. The number of rotatable bonds is 5. The van der Waals surface area contributed by atoms with Gasteiger partial charge in [-0.1, -0.05) is 42.5 Å². The van der Waals surface area contributed by atoms with E-state index >= 15 is 0 Å². The monoisotopic (exact) mass is 469 g/mol. The van der Waals surface area contributed by atoms with Crippen molar-refractivity contribution in [1.82, 2.24) is 5.32 Å². The molecule has 3 aliphatic rings. The van der Waals surface area contributed by atoms with Crippen LogP contribution in [0, 0.1) is 11.8 Å². The number of carbonyl (C=O) groups excluding carboxylic acids is 1. The smallest absolute Gasteiger partial charge is 0.251 e. The molecule has 35 heavy (non-hydrogen) atoms. The Hall–Kier alpha value is -2.85. The molecule has 4 atom stereocenters. The zero-order valence-electron chi connectivity index (χ0n) is 20.7. The third-order valence-electron chi connectivity index (χ3n) is 9.18. The summed E-state index contributed by atoms with van der Waals surface area (Å²) < 4.78 is 1.18. The molecule has 4 nitrogen and oxygen atoms in total. The number of nitrogens with zero attached hydrogens (tertiary/aromatic N) is 1. The van der Waals surface area contributed by atoms with Crippen LogP contribution < -0.4 is 5.32 Å². The lowest BCUT2D eigenvalue weighted by molar-refractivity contribution is -0.921. The minimum atomic E-state index is 0.0135. The van der Waals surface area contributed by atoms with Crippen LogP contribution in [-0.2, 0) is 5.41 Å². The van der Waals surface area contributed by atoms with Gasteiger partial charge >= 0.3 is 0 Å². The van der Waals surface area contributed by atoms with E-state index in [0.717, 1.165) is 47.9 Å². The van der Waals surface area contributed by atoms with Crippen molar-refractivity contribution in [3.63, 3.8) is 0 Å². The molecule has 182 valence electrons. The highest BCUT2D eigenvalue weighted by Crippen LogP contribution is 2.51. The van der Waals surface area contributed by atoms with E-state index in [1.807, 2.05) is 42.5 Å². The van der Waals surface area contributed by atoms with Crippen LogP contribution in [0.5, 0.6) is 5.75 Å². The Morgan fingerprint density at radius 1 is 1.00 bits per heavy atom. The average Bonchev–Trinajstić information content (AvgIpc) is 3.67. The van der Waals surface area contributed by atoms with Gasteiger partial charge in [-0.15, -0.1) is 0 Å². The van der Waals surface area contributed by atoms with Crippen LogP contribution in [0.2, 0.25) is 0 Å². The summed E-state index contributed by atoms with van der Waals surface area (Å²) in [5.41, 5.74) is 2.00. The second-order valence-electron chi connectivity index (χ2n) is 11.8. The first kappa shape index (κ1) is 22.6. The van der Waals surface area contributed by atoms with E-state index in [2.05, 4.69) is 30.6 Å². The number of hydrogen-bond acceptors (Lipinski definition) is 2. The first-order chi connectivity index (χ1) is 16.9. The Morgan fingerprint density at radius 3 is 2.63 bits per heavy atom. The summed E-state index contributed by atoms with van der Waals surface area (Å²) in [6, 6.07) is 22.3. The lowest BCUT2D eigenvalue weighted by Crippen LogP contribution is -2.62. The number of phenolic OH excluding ortho intramolecular Hbond substituents is 1. The van der Waals surface area contributed by atoms with Gasteiger partial charge in [-0.05, 0) is 72.7 Å². The number of nitrogens with one attached hydrogen (secondary N) is 1. The molecule has 0 radical (unpaired) electrons. The average molecular weight is 470 g/mol. The second kappa shape index (κ2) is 8.67. The summed E-state index contributed by atoms with van der Waals surface area (Å²) in [6.07, 6.45) is 7.01. The molecule has 4 heteroatoms. The molecule has 2 N–H and O–H groups in total. The van der Waals surface area contributed by atoms with Crippen LogP contribution in [0.1, 0.15) is 54.4 Å². The number of benzene rings is 3. The molecule has 1 unspecified atom stereocenters. The summed E-state index contributed by atoms with van der Waals surface area (Å²) in [6.45, 7) is 3.69. The number of quaternary nitrogens is 1. The summed E-state index contributed by atoms with van der Waals surface area (Å²) >= 11 is 0. The van der Waals surface area contributed by atoms with Crippen molar-refractivity contribution in [3.8, 4) is 5.75 Å². The lowest BCUT2D eigenvalue weighted by Gasteiger charge is -2.55. The van der Waals surface area contributed by atoms with Gasteiger partial charge in [-0.3, -0.25) is 4.79 Å². The van der Waals surface area contributed by atoms with E-state index in [-0.39, 0.29) is 17.4 Å². The number of fused-ring (bicyclic) bond motifs is 2. The number of phenols is 1. The number of aromatic hydroxyl groups is 1. The van der Waals surface area contributed by atoms with E-state index in [1.54, 1.807) is 6.07 Å². The maximum atomic E-state index is 13.3. The first-order valence-corrected chi connectivity index (χ1v) is 13.4. The molecule has 0 bridgehead atoms. The molecule has 6 rings (SSSR count). The Morgan fingerprint density at radius 2 is 1.83 bits per heavy atom. The predicted octanol–water partition coefficient (Wildman–Crippen LogP) is 5.64. The Bertz CT molecular complexity index is 1250. The van der Waals surface area contributed by atoms with Crippen molar-refractivity contribution in [2.75, 3.05) is 26.7 Å². The topological polar surface area (TPSA) is 49.3 Å². The summed E-state index contributed by atoms with van der Waals surface area (Å²) in [5, 5.41) is 16.0. The van der Waals surface area contributed by atoms with Gasteiger partial charge in [0.05, 0.1) is 26.7 Å². The zero-order valence-corrected chi connectivity index (χ0v) is 20.7. The number of carbonyl (C=O) groups is 1. The van der Waals surface area contributed by atoms with Crippen molar-refractivity contribution < 1.29 is 14.4 Å². The Kier molecular flexibility index (Phi) is 5.60. The molecule has 1 saturated heterocycles. The minimum absolute atomic E-state index is 0.0135. The summed E-state index contributed by atoms with van der Waals surface area (Å²) in [4.78, 5) is 13.3. The largest absolute Gasteiger partial charge is 0.508 e. The van der Waals surface area contributed by atoms with Crippen LogP contribution in [0.4, 0.5) is 0 Å². The van der Waals surface area contributed by atoms with Gasteiger partial charge in [0.25, 0.3) is 5.91 Å². The molecule has 3 fully saturated rings. The van der Waals surface area contributed by atoms with Crippen LogP contribution >= 0.6 is 0 Å². The fourth-order valence-corrected chi connectivity index (χ4v) is 7.18. The van der Waals surface area contributed by atoms with Crippen molar-refractivity contribution in [1.29, 1.82) is 0 Å². The highest BCUT2D eigenvalue weighted by Gasteiger charge is 2.53. The third-order valence-corrected chi connectivity index (χ3v) is 9.18. The minimum Gasteiger partial charge on any atom is -0.508 e. The molecule has 2 aliphatic carbocycles. The zero-order chi connectivity index (χ0) is 24.0. The second-order valence-corrected chi connectivity index (χ2v) is 11.8. The van der Waals surface area contributed by atoms with Gasteiger partial charge < -0.3 is 14.9 Å². The Balaban J connectivity index is 1.25. The van der Waals surface area contributed by atoms with E-state index in [0.29, 0.717) is 11.7 Å². The van der Waals surface area contributed by atoms with Crippen molar-refractivity contribution >= 4 is 16.7 Å². The summed E-state index contributed by atoms with van der Waals surface area (Å²) in [7, 11) is 2.46.